The molecule has 0 bridgehead atoms. The van der Waals surface area contributed by atoms with Crippen LogP contribution in [-0.4, -0.2) is 58.6 Å². The number of unbranched alkanes of at least 4 members (excludes halogenated alkanes) is 1. The highest BCUT2D eigenvalue weighted by Gasteiger charge is 2.22. The summed E-state index contributed by atoms with van der Waals surface area (Å²) in [5.41, 5.74) is 0.391. The number of carbonyl (C=O) groups is 2. The van der Waals surface area contributed by atoms with Crippen LogP contribution in [-0.2, 0) is 11.8 Å². The molecule has 0 aliphatic heterocycles. The molecule has 1 aromatic rings. The van der Waals surface area contributed by atoms with Crippen LogP contribution in [0.2, 0.25) is 0 Å². The van der Waals surface area contributed by atoms with Gasteiger partial charge in [-0.25, -0.2) is 4.98 Å². The number of rotatable bonds is 8. The number of aryl methyl sites for hydroxylation is 1. The normalized spacial score (nSPS) is 12.0. The van der Waals surface area contributed by atoms with Gasteiger partial charge in [-0.2, -0.15) is 0 Å². The van der Waals surface area contributed by atoms with Crippen molar-refractivity contribution in [2.45, 2.75) is 32.3 Å². The van der Waals surface area contributed by atoms with E-state index in [2.05, 4.69) is 4.98 Å². The van der Waals surface area contributed by atoms with E-state index in [0.29, 0.717) is 24.5 Å². The average Bonchev–Trinajstić information content (AvgIpc) is 2.83. The Balaban J connectivity index is 2.70. The quantitative estimate of drug-likeness (QED) is 0.564. The average molecular weight is 296 g/mol. The van der Waals surface area contributed by atoms with Gasteiger partial charge in [0.15, 0.2) is 11.5 Å². The van der Waals surface area contributed by atoms with Gasteiger partial charge in [-0.15, -0.1) is 0 Å². The Morgan fingerprint density at radius 3 is 2.71 bits per heavy atom. The van der Waals surface area contributed by atoms with Crippen LogP contribution >= 0.6 is 0 Å². The van der Waals surface area contributed by atoms with E-state index >= 15 is 0 Å². The number of nitrogens with zero attached hydrogens (tertiary/aromatic N) is 4. The lowest BCUT2D eigenvalue weighted by Gasteiger charge is -2.19. The molecule has 0 radical (unpaired) electrons. The predicted molar refractivity (Wildman–Crippen MR) is 80.2 cm³/mol. The van der Waals surface area contributed by atoms with Crippen LogP contribution in [0.3, 0.4) is 0 Å². The summed E-state index contributed by atoms with van der Waals surface area (Å²) in [6, 6.07) is 0. The summed E-state index contributed by atoms with van der Waals surface area (Å²) >= 11 is 0. The molecule has 7 heteroatoms. The zero-order valence-electron chi connectivity index (χ0n) is 13.1. The number of imidazole rings is 1. The van der Waals surface area contributed by atoms with E-state index in [4.69, 9.17) is 0 Å². The van der Waals surface area contributed by atoms with Crippen molar-refractivity contribution >= 4 is 18.1 Å². The van der Waals surface area contributed by atoms with Crippen molar-refractivity contribution in [3.63, 3.8) is 0 Å². The van der Waals surface area contributed by atoms with Crippen molar-refractivity contribution in [1.82, 2.24) is 14.5 Å². The topological polar surface area (TPSA) is 78.7 Å². The van der Waals surface area contributed by atoms with Crippen LogP contribution in [0, 0.1) is 0 Å². The molecule has 0 saturated carbocycles. The summed E-state index contributed by atoms with van der Waals surface area (Å²) in [6.45, 7) is 2.35. The smallest absolute Gasteiger partial charge is 0.274 e. The molecule has 0 saturated heterocycles. The van der Waals surface area contributed by atoms with Gasteiger partial charge in [-0.3, -0.25) is 9.59 Å². The van der Waals surface area contributed by atoms with E-state index in [9.17, 15) is 14.7 Å². The largest absolute Gasteiger partial charge is 0.393 e. The van der Waals surface area contributed by atoms with Gasteiger partial charge < -0.3 is 19.5 Å². The van der Waals surface area contributed by atoms with Gasteiger partial charge in [0.25, 0.3) is 5.91 Å². The molecule has 1 aromatic heterocycles. The Morgan fingerprint density at radius 2 is 2.14 bits per heavy atom. The lowest BCUT2D eigenvalue weighted by Crippen LogP contribution is -2.31. The van der Waals surface area contributed by atoms with Gasteiger partial charge in [0.2, 0.25) is 6.41 Å². The van der Waals surface area contributed by atoms with Gasteiger partial charge >= 0.3 is 0 Å². The van der Waals surface area contributed by atoms with E-state index in [-0.39, 0.29) is 12.0 Å². The third-order valence-corrected chi connectivity index (χ3v) is 3.32. The molecular formula is C14H24N4O3. The second-order valence-corrected chi connectivity index (χ2v) is 5.32. The van der Waals surface area contributed by atoms with Crippen molar-refractivity contribution in [2.24, 2.45) is 7.05 Å². The highest BCUT2D eigenvalue weighted by molar-refractivity contribution is 5.99. The molecule has 0 spiro atoms. The van der Waals surface area contributed by atoms with Gasteiger partial charge in [0, 0.05) is 27.7 Å². The molecule has 7 nitrogen and oxygen atoms in total. The molecular weight excluding hydrogens is 272 g/mol. The van der Waals surface area contributed by atoms with Crippen molar-refractivity contribution in [3.05, 3.63) is 12.0 Å². The minimum absolute atomic E-state index is 0.171. The van der Waals surface area contributed by atoms with E-state index in [1.54, 1.807) is 37.5 Å². The molecule has 118 valence electrons. The van der Waals surface area contributed by atoms with Crippen LogP contribution in [0.5, 0.6) is 0 Å². The van der Waals surface area contributed by atoms with Crippen LogP contribution in [0.1, 0.15) is 36.7 Å². The first kappa shape index (κ1) is 17.2. The van der Waals surface area contributed by atoms with E-state index in [1.807, 2.05) is 0 Å². The summed E-state index contributed by atoms with van der Waals surface area (Å²) < 4.78 is 1.62. The number of aliphatic hydroxyl groups excluding tert-OH is 1. The van der Waals surface area contributed by atoms with Crippen LogP contribution in [0.4, 0.5) is 5.82 Å². The van der Waals surface area contributed by atoms with Crippen molar-refractivity contribution in [3.8, 4) is 0 Å². The molecule has 0 fully saturated rings. The SMILES string of the molecule is CC(O)CCCCN(C)C(=O)c1c(N(C)C=O)ncn1C. The minimum Gasteiger partial charge on any atom is -0.393 e. The fourth-order valence-electron chi connectivity index (χ4n) is 2.04. The fourth-order valence-corrected chi connectivity index (χ4v) is 2.04. The summed E-state index contributed by atoms with van der Waals surface area (Å²) in [5, 5.41) is 9.21. The van der Waals surface area contributed by atoms with Crippen LogP contribution in [0.15, 0.2) is 6.33 Å². The molecule has 2 amide bonds. The Kier molecular flexibility index (Phi) is 6.36. The van der Waals surface area contributed by atoms with Crippen molar-refractivity contribution < 1.29 is 14.7 Å². The first-order valence-corrected chi connectivity index (χ1v) is 7.01. The first-order valence-electron chi connectivity index (χ1n) is 7.01. The zero-order chi connectivity index (χ0) is 16.0. The molecule has 1 N–H and O–H groups in total. The second-order valence-electron chi connectivity index (χ2n) is 5.32. The van der Waals surface area contributed by atoms with Crippen molar-refractivity contribution in [1.29, 1.82) is 0 Å². The predicted octanol–water partition coefficient (Wildman–Crippen LogP) is 0.636. The summed E-state index contributed by atoms with van der Waals surface area (Å²) in [6.07, 6.45) is 4.25. The molecule has 1 heterocycles. The standard InChI is InChI=1S/C14H24N4O3/c1-11(20)7-5-6-8-16(2)14(21)12-13(18(4)10-19)15-9-17(12)3/h9-11,20H,5-8H2,1-4H3. The van der Waals surface area contributed by atoms with E-state index in [0.717, 1.165) is 19.3 Å². The summed E-state index contributed by atoms with van der Waals surface area (Å²) in [7, 11) is 5.01. The van der Waals surface area contributed by atoms with Gasteiger partial charge in [-0.1, -0.05) is 0 Å². The lowest BCUT2D eigenvalue weighted by molar-refractivity contribution is -0.107. The summed E-state index contributed by atoms with van der Waals surface area (Å²) in [4.78, 5) is 30.3. The van der Waals surface area contributed by atoms with Gasteiger partial charge in [0.1, 0.15) is 0 Å². The highest BCUT2D eigenvalue weighted by atomic mass is 16.3. The number of hydrogen-bond acceptors (Lipinski definition) is 4. The fraction of sp³-hybridized carbons (Fsp3) is 0.643. The number of hydrogen-bond donors (Lipinski definition) is 1. The Labute approximate surface area is 125 Å². The maximum Gasteiger partial charge on any atom is 0.274 e. The monoisotopic (exact) mass is 296 g/mol. The minimum atomic E-state index is -0.309. The third-order valence-electron chi connectivity index (χ3n) is 3.32. The molecule has 0 aromatic carbocycles. The number of aromatic nitrogens is 2. The van der Waals surface area contributed by atoms with Crippen LogP contribution in [0.25, 0.3) is 0 Å². The molecule has 0 aliphatic rings. The number of amides is 2. The zero-order valence-corrected chi connectivity index (χ0v) is 13.1. The Morgan fingerprint density at radius 1 is 1.48 bits per heavy atom. The Bertz CT molecular complexity index is 485. The number of carbonyl (C=O) groups excluding carboxylic acids is 2. The summed E-state index contributed by atoms with van der Waals surface area (Å²) in [5.74, 6) is 0.184. The molecule has 1 unspecified atom stereocenters. The van der Waals surface area contributed by atoms with Gasteiger partial charge in [0.05, 0.1) is 12.4 Å². The molecule has 1 rings (SSSR count). The van der Waals surface area contributed by atoms with E-state index < -0.39 is 0 Å². The maximum atomic E-state index is 12.5. The Hall–Kier alpha value is -1.89. The number of anilines is 1. The second kappa shape index (κ2) is 7.78. The van der Waals surface area contributed by atoms with Crippen LogP contribution < -0.4 is 4.90 Å². The van der Waals surface area contributed by atoms with E-state index in [1.165, 1.54) is 11.2 Å². The maximum absolute atomic E-state index is 12.5. The highest BCUT2D eigenvalue weighted by Crippen LogP contribution is 2.17. The van der Waals surface area contributed by atoms with Gasteiger partial charge in [-0.05, 0) is 26.2 Å². The third kappa shape index (κ3) is 4.56. The lowest BCUT2D eigenvalue weighted by atomic mass is 10.1. The molecule has 0 aliphatic carbocycles. The number of aliphatic hydroxyl groups is 1. The molecule has 21 heavy (non-hydrogen) atoms. The molecule has 1 atom stereocenters. The first-order chi connectivity index (χ1) is 9.88. The van der Waals surface area contributed by atoms with Crippen molar-refractivity contribution in [2.75, 3.05) is 25.5 Å².